The molecule has 88 valence electrons. The lowest BCUT2D eigenvalue weighted by molar-refractivity contribution is 0.0684. The summed E-state index contributed by atoms with van der Waals surface area (Å²) in [7, 11) is 1.74. The highest BCUT2D eigenvalue weighted by molar-refractivity contribution is 5.98. The molecule has 2 N–H and O–H groups in total. The second kappa shape index (κ2) is 4.15. The van der Waals surface area contributed by atoms with Gasteiger partial charge in [0.25, 0.3) is 5.91 Å². The average molecular weight is 222 g/mol. The summed E-state index contributed by atoms with van der Waals surface area (Å²) in [5.41, 5.74) is 6.32. The summed E-state index contributed by atoms with van der Waals surface area (Å²) in [5, 5.41) is 4.00. The fourth-order valence-electron chi connectivity index (χ4n) is 2.16. The van der Waals surface area contributed by atoms with Gasteiger partial charge in [0.05, 0.1) is 6.20 Å². The summed E-state index contributed by atoms with van der Waals surface area (Å²) in [4.78, 5) is 14.0. The highest BCUT2D eigenvalue weighted by Crippen LogP contribution is 2.19. The first-order valence-corrected chi connectivity index (χ1v) is 5.66. The van der Waals surface area contributed by atoms with E-state index in [1.54, 1.807) is 13.2 Å². The lowest BCUT2D eigenvalue weighted by Crippen LogP contribution is -2.39. The molecule has 0 spiro atoms. The van der Waals surface area contributed by atoms with Gasteiger partial charge in [0.1, 0.15) is 11.4 Å². The number of rotatable bonds is 1. The van der Waals surface area contributed by atoms with Crippen LogP contribution in [0.3, 0.4) is 0 Å². The second-order valence-corrected chi connectivity index (χ2v) is 4.57. The Morgan fingerprint density at radius 1 is 1.62 bits per heavy atom. The van der Waals surface area contributed by atoms with Crippen molar-refractivity contribution in [3.63, 3.8) is 0 Å². The van der Waals surface area contributed by atoms with E-state index in [4.69, 9.17) is 5.73 Å². The Kier molecular flexibility index (Phi) is 2.85. The van der Waals surface area contributed by atoms with E-state index in [1.165, 1.54) is 11.1 Å². The van der Waals surface area contributed by atoms with Crippen molar-refractivity contribution in [2.75, 3.05) is 18.8 Å². The van der Waals surface area contributed by atoms with Crippen molar-refractivity contribution in [3.8, 4) is 0 Å². The molecule has 0 aromatic carbocycles. The van der Waals surface area contributed by atoms with E-state index in [0.29, 0.717) is 17.3 Å². The van der Waals surface area contributed by atoms with Crippen LogP contribution in [0.4, 0.5) is 5.82 Å². The molecule has 1 unspecified atom stereocenters. The van der Waals surface area contributed by atoms with Gasteiger partial charge in [-0.3, -0.25) is 9.48 Å². The number of aromatic nitrogens is 2. The number of carbonyl (C=O) groups excluding carboxylic acids is 1. The minimum Gasteiger partial charge on any atom is -0.383 e. The number of nitrogen functional groups attached to an aromatic ring is 1. The molecule has 1 aromatic rings. The molecule has 5 heteroatoms. The maximum atomic E-state index is 12.2. The van der Waals surface area contributed by atoms with Crippen LogP contribution in [-0.4, -0.2) is 33.7 Å². The maximum absolute atomic E-state index is 12.2. The Hall–Kier alpha value is -1.52. The third kappa shape index (κ3) is 1.89. The first-order chi connectivity index (χ1) is 7.59. The normalized spacial score (nSPS) is 21.1. The summed E-state index contributed by atoms with van der Waals surface area (Å²) in [5.74, 6) is 1.04. The fraction of sp³-hybridized carbons (Fsp3) is 0.636. The average Bonchev–Trinajstić information content (AvgIpc) is 2.59. The summed E-state index contributed by atoms with van der Waals surface area (Å²) in [6.45, 7) is 3.83. The zero-order valence-electron chi connectivity index (χ0n) is 9.81. The van der Waals surface area contributed by atoms with Crippen molar-refractivity contribution in [2.24, 2.45) is 13.0 Å². The second-order valence-electron chi connectivity index (χ2n) is 4.57. The maximum Gasteiger partial charge on any atom is 0.259 e. The Morgan fingerprint density at radius 2 is 2.38 bits per heavy atom. The number of aryl methyl sites for hydroxylation is 1. The fourth-order valence-corrected chi connectivity index (χ4v) is 2.16. The number of anilines is 1. The van der Waals surface area contributed by atoms with Gasteiger partial charge >= 0.3 is 0 Å². The lowest BCUT2D eigenvalue weighted by Gasteiger charge is -2.30. The number of nitrogens with zero attached hydrogens (tertiary/aromatic N) is 3. The minimum absolute atomic E-state index is 0.0113. The van der Waals surface area contributed by atoms with Crippen molar-refractivity contribution >= 4 is 11.7 Å². The van der Waals surface area contributed by atoms with Gasteiger partial charge in [0.2, 0.25) is 0 Å². The zero-order valence-corrected chi connectivity index (χ0v) is 9.81. The van der Waals surface area contributed by atoms with Crippen molar-refractivity contribution in [1.82, 2.24) is 14.7 Å². The molecule has 2 rings (SSSR count). The Balaban J connectivity index is 2.15. The number of amides is 1. The van der Waals surface area contributed by atoms with Gasteiger partial charge in [-0.2, -0.15) is 5.10 Å². The molecule has 1 aliphatic heterocycles. The Morgan fingerprint density at radius 3 is 2.94 bits per heavy atom. The lowest BCUT2D eigenvalue weighted by atomic mass is 10.00. The molecule has 0 bridgehead atoms. The van der Waals surface area contributed by atoms with Crippen LogP contribution in [-0.2, 0) is 7.05 Å². The van der Waals surface area contributed by atoms with E-state index >= 15 is 0 Å². The van der Waals surface area contributed by atoms with Crippen LogP contribution in [0.5, 0.6) is 0 Å². The van der Waals surface area contributed by atoms with Gasteiger partial charge < -0.3 is 10.6 Å². The molecule has 1 aromatic heterocycles. The van der Waals surface area contributed by atoms with E-state index < -0.39 is 0 Å². The molecular weight excluding hydrogens is 204 g/mol. The first-order valence-electron chi connectivity index (χ1n) is 5.66. The Labute approximate surface area is 95.2 Å². The number of hydrogen-bond acceptors (Lipinski definition) is 3. The highest BCUT2D eigenvalue weighted by atomic mass is 16.2. The number of piperidine rings is 1. The van der Waals surface area contributed by atoms with Crippen LogP contribution in [0, 0.1) is 5.92 Å². The number of hydrogen-bond donors (Lipinski definition) is 1. The highest BCUT2D eigenvalue weighted by Gasteiger charge is 2.24. The van der Waals surface area contributed by atoms with Crippen molar-refractivity contribution < 1.29 is 4.79 Å². The summed E-state index contributed by atoms with van der Waals surface area (Å²) in [6, 6.07) is 0. The molecule has 1 atom stereocenters. The molecule has 2 heterocycles. The van der Waals surface area contributed by atoms with Gasteiger partial charge in [-0.1, -0.05) is 6.92 Å². The molecule has 1 aliphatic rings. The van der Waals surface area contributed by atoms with Gasteiger partial charge in [-0.25, -0.2) is 0 Å². The van der Waals surface area contributed by atoms with E-state index in [0.717, 1.165) is 19.5 Å². The third-order valence-corrected chi connectivity index (χ3v) is 3.16. The van der Waals surface area contributed by atoms with E-state index in [-0.39, 0.29) is 5.91 Å². The van der Waals surface area contributed by atoms with Crippen molar-refractivity contribution in [2.45, 2.75) is 19.8 Å². The van der Waals surface area contributed by atoms with Crippen LogP contribution in [0.2, 0.25) is 0 Å². The molecule has 0 saturated carbocycles. The smallest absolute Gasteiger partial charge is 0.259 e. The van der Waals surface area contributed by atoms with Crippen LogP contribution < -0.4 is 5.73 Å². The Bertz CT molecular complexity index is 399. The third-order valence-electron chi connectivity index (χ3n) is 3.16. The van der Waals surface area contributed by atoms with E-state index in [1.807, 2.05) is 4.90 Å². The zero-order chi connectivity index (χ0) is 11.7. The van der Waals surface area contributed by atoms with Crippen molar-refractivity contribution in [3.05, 3.63) is 11.8 Å². The SMILES string of the molecule is CC1CCCN(C(=O)c2cnn(C)c2N)C1. The molecular formula is C11H18N4O. The topological polar surface area (TPSA) is 64.2 Å². The van der Waals surface area contributed by atoms with Gasteiger partial charge in [0, 0.05) is 20.1 Å². The quantitative estimate of drug-likeness (QED) is 0.767. The monoisotopic (exact) mass is 222 g/mol. The standard InChI is InChI=1S/C11H18N4O/c1-8-4-3-5-15(7-8)11(16)9-6-13-14(2)10(9)12/h6,8H,3-5,7,12H2,1-2H3. The van der Waals surface area contributed by atoms with Crippen LogP contribution >= 0.6 is 0 Å². The van der Waals surface area contributed by atoms with Gasteiger partial charge in [0.15, 0.2) is 0 Å². The summed E-state index contributed by atoms with van der Waals surface area (Å²) >= 11 is 0. The predicted molar refractivity (Wildman–Crippen MR) is 61.9 cm³/mol. The predicted octanol–water partition coefficient (Wildman–Crippen LogP) is 0.874. The minimum atomic E-state index is 0.0113. The largest absolute Gasteiger partial charge is 0.383 e. The number of nitrogens with two attached hydrogens (primary N) is 1. The number of likely N-dealkylation sites (tertiary alicyclic amines) is 1. The van der Waals surface area contributed by atoms with E-state index in [2.05, 4.69) is 12.0 Å². The molecule has 5 nitrogen and oxygen atoms in total. The van der Waals surface area contributed by atoms with Crippen LogP contribution in [0.15, 0.2) is 6.20 Å². The van der Waals surface area contributed by atoms with Gasteiger partial charge in [-0.05, 0) is 18.8 Å². The van der Waals surface area contributed by atoms with Crippen LogP contribution in [0.1, 0.15) is 30.1 Å². The number of carbonyl (C=O) groups is 1. The molecule has 1 saturated heterocycles. The molecule has 16 heavy (non-hydrogen) atoms. The summed E-state index contributed by atoms with van der Waals surface area (Å²) < 4.78 is 1.53. The molecule has 0 aliphatic carbocycles. The van der Waals surface area contributed by atoms with Crippen molar-refractivity contribution in [1.29, 1.82) is 0 Å². The van der Waals surface area contributed by atoms with Crippen LogP contribution in [0.25, 0.3) is 0 Å². The summed E-state index contributed by atoms with van der Waals surface area (Å²) in [6.07, 6.45) is 3.83. The molecule has 1 fully saturated rings. The molecule has 1 amide bonds. The molecule has 0 radical (unpaired) electrons. The van der Waals surface area contributed by atoms with E-state index in [9.17, 15) is 4.79 Å². The first kappa shape index (κ1) is 11.0. The van der Waals surface area contributed by atoms with Gasteiger partial charge in [-0.15, -0.1) is 0 Å².